The number of nitriles is 1. The molecule has 0 N–H and O–H groups in total. The Morgan fingerprint density at radius 1 is 1.06 bits per heavy atom. The molecule has 1 fully saturated rings. The summed E-state index contributed by atoms with van der Waals surface area (Å²) in [5.74, 6) is 0.663. The first-order valence-corrected chi connectivity index (χ1v) is 11.9. The Labute approximate surface area is 204 Å². The molecule has 1 aliphatic rings. The predicted molar refractivity (Wildman–Crippen MR) is 138 cm³/mol. The summed E-state index contributed by atoms with van der Waals surface area (Å²) in [5, 5.41) is 9.91. The smallest absolute Gasteiger partial charge is 0.266 e. The second-order valence-electron chi connectivity index (χ2n) is 7.95. The largest absolute Gasteiger partial charge is 0.489 e. The number of hydrogen-bond acceptors (Lipinski definition) is 5. The lowest BCUT2D eigenvalue weighted by molar-refractivity contribution is -0.122. The molecule has 0 aliphatic carbocycles. The molecule has 6 heteroatoms. The summed E-state index contributed by atoms with van der Waals surface area (Å²) in [4.78, 5) is 20.0. The van der Waals surface area contributed by atoms with Gasteiger partial charge in [-0.1, -0.05) is 36.4 Å². The minimum atomic E-state index is -0.0384. The Balaban J connectivity index is 1.48. The highest BCUT2D eigenvalue weighted by Crippen LogP contribution is 2.34. The quantitative estimate of drug-likeness (QED) is 0.395. The van der Waals surface area contributed by atoms with E-state index in [9.17, 15) is 10.1 Å². The number of thioether (sulfide) groups is 1. The lowest BCUT2D eigenvalue weighted by Gasteiger charge is -2.12. The average Bonchev–Trinajstić information content (AvgIpc) is 3.14. The van der Waals surface area contributed by atoms with Crippen molar-refractivity contribution in [2.24, 2.45) is 4.99 Å². The minimum Gasteiger partial charge on any atom is -0.489 e. The van der Waals surface area contributed by atoms with Gasteiger partial charge in [0.25, 0.3) is 5.91 Å². The number of rotatable bonds is 6. The van der Waals surface area contributed by atoms with Gasteiger partial charge in [0, 0.05) is 12.1 Å². The molecule has 0 unspecified atom stereocenters. The maximum Gasteiger partial charge on any atom is 0.266 e. The van der Waals surface area contributed by atoms with Gasteiger partial charge in [0.15, 0.2) is 5.17 Å². The fourth-order valence-corrected chi connectivity index (χ4v) is 4.57. The zero-order chi connectivity index (χ0) is 24.1. The third-order valence-corrected chi connectivity index (χ3v) is 6.64. The molecule has 170 valence electrons. The van der Waals surface area contributed by atoms with Crippen LogP contribution in [-0.2, 0) is 11.4 Å². The molecule has 1 amide bonds. The summed E-state index contributed by atoms with van der Waals surface area (Å²) in [5.41, 5.74) is 5.60. The van der Waals surface area contributed by atoms with Crippen LogP contribution >= 0.6 is 11.8 Å². The summed E-state index contributed by atoms with van der Waals surface area (Å²) < 4.78 is 5.85. The van der Waals surface area contributed by atoms with E-state index in [2.05, 4.69) is 19.9 Å². The fraction of sp³-hybridized carbons (Fsp3) is 0.179. The maximum absolute atomic E-state index is 13.0. The van der Waals surface area contributed by atoms with Gasteiger partial charge in [0.1, 0.15) is 12.4 Å². The number of nitrogens with zero attached hydrogens (tertiary/aromatic N) is 3. The Hall–Kier alpha value is -3.82. The molecular weight excluding hydrogens is 442 g/mol. The molecule has 0 spiro atoms. The summed E-state index contributed by atoms with van der Waals surface area (Å²) in [6, 6.07) is 23.2. The summed E-state index contributed by atoms with van der Waals surface area (Å²) in [6.07, 6.45) is 1.88. The van der Waals surface area contributed by atoms with Crippen molar-refractivity contribution < 1.29 is 9.53 Å². The van der Waals surface area contributed by atoms with E-state index < -0.39 is 0 Å². The van der Waals surface area contributed by atoms with Crippen LogP contribution < -0.4 is 4.74 Å². The Kier molecular flexibility index (Phi) is 7.15. The number of aliphatic imine (C=N–C) groups is 1. The van der Waals surface area contributed by atoms with E-state index >= 15 is 0 Å². The molecule has 1 saturated heterocycles. The Bertz CT molecular complexity index is 1320. The summed E-state index contributed by atoms with van der Waals surface area (Å²) in [7, 11) is 0. The van der Waals surface area contributed by atoms with Crippen molar-refractivity contribution in [3.05, 3.63) is 99.5 Å². The van der Waals surface area contributed by atoms with E-state index in [1.54, 1.807) is 11.0 Å². The third kappa shape index (κ3) is 5.22. The van der Waals surface area contributed by atoms with Gasteiger partial charge in [-0.3, -0.25) is 9.69 Å². The van der Waals surface area contributed by atoms with Gasteiger partial charge in [-0.25, -0.2) is 4.99 Å². The molecule has 1 heterocycles. The van der Waals surface area contributed by atoms with Gasteiger partial charge in [-0.15, -0.1) is 0 Å². The molecule has 0 aromatic heterocycles. The highest BCUT2D eigenvalue weighted by Gasteiger charge is 2.32. The molecule has 0 radical (unpaired) electrons. The first-order valence-electron chi connectivity index (χ1n) is 11.1. The van der Waals surface area contributed by atoms with Gasteiger partial charge >= 0.3 is 0 Å². The van der Waals surface area contributed by atoms with Crippen molar-refractivity contribution in [1.29, 1.82) is 5.26 Å². The van der Waals surface area contributed by atoms with Crippen molar-refractivity contribution in [3.8, 4) is 11.8 Å². The number of amidine groups is 1. The van der Waals surface area contributed by atoms with Crippen LogP contribution in [-0.4, -0.2) is 22.5 Å². The highest BCUT2D eigenvalue weighted by molar-refractivity contribution is 8.18. The lowest BCUT2D eigenvalue weighted by Crippen LogP contribution is -2.28. The van der Waals surface area contributed by atoms with Crippen molar-refractivity contribution in [1.82, 2.24) is 4.90 Å². The van der Waals surface area contributed by atoms with Crippen LogP contribution in [0.25, 0.3) is 6.08 Å². The average molecular weight is 468 g/mol. The molecule has 0 atom stereocenters. The molecule has 5 nitrogen and oxygen atoms in total. The van der Waals surface area contributed by atoms with E-state index in [1.807, 2.05) is 73.7 Å². The van der Waals surface area contributed by atoms with Gasteiger partial charge in [0.2, 0.25) is 0 Å². The number of carbonyl (C=O) groups excluding carboxylic acids is 1. The number of amides is 1. The van der Waals surface area contributed by atoms with E-state index in [0.29, 0.717) is 34.5 Å². The first kappa shape index (κ1) is 23.3. The monoisotopic (exact) mass is 467 g/mol. The van der Waals surface area contributed by atoms with Crippen LogP contribution in [0.5, 0.6) is 5.75 Å². The highest BCUT2D eigenvalue weighted by atomic mass is 32.2. The number of benzene rings is 3. The van der Waals surface area contributed by atoms with Gasteiger partial charge < -0.3 is 4.74 Å². The van der Waals surface area contributed by atoms with E-state index in [-0.39, 0.29) is 5.91 Å². The molecule has 34 heavy (non-hydrogen) atoms. The molecule has 1 aliphatic heterocycles. The number of aryl methyl sites for hydroxylation is 2. The van der Waals surface area contributed by atoms with E-state index in [1.165, 1.54) is 22.9 Å². The first-order chi connectivity index (χ1) is 16.5. The third-order valence-electron chi connectivity index (χ3n) is 5.63. The molecule has 3 aromatic carbocycles. The van der Waals surface area contributed by atoms with Crippen LogP contribution in [0.1, 0.15) is 34.7 Å². The SMILES string of the molecule is CCN1C(=O)C(=Cc2ccc(OCc3ccccc3C#N)cc2)SC1=Nc1ccc(C)c(C)c1. The van der Waals surface area contributed by atoms with E-state index in [4.69, 9.17) is 9.73 Å². The van der Waals surface area contributed by atoms with Crippen molar-refractivity contribution in [2.75, 3.05) is 6.54 Å². The van der Waals surface area contributed by atoms with Gasteiger partial charge in [-0.2, -0.15) is 5.26 Å². The molecular formula is C28H25N3O2S. The van der Waals surface area contributed by atoms with Gasteiger partial charge in [-0.05, 0) is 85.6 Å². The van der Waals surface area contributed by atoms with Crippen LogP contribution in [0, 0.1) is 25.2 Å². The van der Waals surface area contributed by atoms with Crippen LogP contribution in [0.2, 0.25) is 0 Å². The van der Waals surface area contributed by atoms with Crippen molar-refractivity contribution in [3.63, 3.8) is 0 Å². The minimum absolute atomic E-state index is 0.0384. The van der Waals surface area contributed by atoms with E-state index in [0.717, 1.165) is 16.8 Å². The lowest BCUT2D eigenvalue weighted by atomic mass is 10.1. The zero-order valence-electron chi connectivity index (χ0n) is 19.4. The normalized spacial score (nSPS) is 15.7. The van der Waals surface area contributed by atoms with Gasteiger partial charge in [0.05, 0.1) is 22.2 Å². The molecule has 0 saturated carbocycles. The number of hydrogen-bond donors (Lipinski definition) is 0. The van der Waals surface area contributed by atoms with Crippen molar-refractivity contribution in [2.45, 2.75) is 27.4 Å². The number of likely N-dealkylation sites (N-methyl/N-ethyl adjacent to an activating group) is 1. The number of ether oxygens (including phenoxy) is 1. The van der Waals surface area contributed by atoms with Crippen LogP contribution in [0.15, 0.2) is 76.6 Å². The van der Waals surface area contributed by atoms with Crippen molar-refractivity contribution >= 4 is 34.6 Å². The molecule has 4 rings (SSSR count). The zero-order valence-corrected chi connectivity index (χ0v) is 20.2. The van der Waals surface area contributed by atoms with Crippen LogP contribution in [0.3, 0.4) is 0 Å². The summed E-state index contributed by atoms with van der Waals surface area (Å²) in [6.45, 7) is 6.96. The molecule has 3 aromatic rings. The number of carbonyl (C=O) groups is 1. The maximum atomic E-state index is 13.0. The standard InChI is InChI=1S/C28H25N3O2S/c1-4-31-27(32)26(34-28(31)30-24-12-9-19(2)20(3)15-24)16-21-10-13-25(14-11-21)33-18-23-8-6-5-7-22(23)17-29/h5-16H,4,18H2,1-3H3. The Morgan fingerprint density at radius 3 is 2.53 bits per heavy atom. The Morgan fingerprint density at radius 2 is 1.82 bits per heavy atom. The van der Waals surface area contributed by atoms with Crippen LogP contribution in [0.4, 0.5) is 5.69 Å². The topological polar surface area (TPSA) is 65.7 Å². The predicted octanol–water partition coefficient (Wildman–Crippen LogP) is 6.38. The summed E-state index contributed by atoms with van der Waals surface area (Å²) >= 11 is 1.39. The second kappa shape index (κ2) is 10.4. The second-order valence-corrected chi connectivity index (χ2v) is 8.96. The molecule has 0 bridgehead atoms. The fourth-order valence-electron chi connectivity index (χ4n) is 3.50.